The first kappa shape index (κ1) is 25.7. The maximum Gasteiger partial charge on any atom is 0.422 e. The highest BCUT2D eigenvalue weighted by Gasteiger charge is 2.29. The number of hydrogen-bond acceptors (Lipinski definition) is 4. The smallest absolute Gasteiger partial charge is 0.422 e. The SMILES string of the molecule is CCNC(=NCc1ccc(OCC(F)(F)F)cc1)N1CCN(c2cnn(C)c2)C(=O)C1.I. The molecule has 0 aliphatic carbocycles. The second-order valence-electron chi connectivity index (χ2n) is 7.06. The molecule has 1 saturated heterocycles. The first-order chi connectivity index (χ1) is 14.7. The topological polar surface area (TPSA) is 75.0 Å². The molecule has 176 valence electrons. The zero-order chi connectivity index (χ0) is 22.4. The average molecular weight is 566 g/mol. The van der Waals surface area contributed by atoms with Gasteiger partial charge >= 0.3 is 6.18 Å². The Morgan fingerprint density at radius 2 is 1.97 bits per heavy atom. The minimum atomic E-state index is -4.37. The number of nitrogens with zero attached hydrogens (tertiary/aromatic N) is 5. The van der Waals surface area contributed by atoms with Crippen LogP contribution in [0.4, 0.5) is 18.9 Å². The van der Waals surface area contributed by atoms with Crippen LogP contribution in [0, 0.1) is 0 Å². The summed E-state index contributed by atoms with van der Waals surface area (Å²) in [5.41, 5.74) is 1.58. The number of halogens is 4. The van der Waals surface area contributed by atoms with Crippen molar-refractivity contribution in [1.82, 2.24) is 20.0 Å². The number of aromatic nitrogens is 2. The molecule has 0 bridgehead atoms. The highest BCUT2D eigenvalue weighted by Crippen LogP contribution is 2.19. The van der Waals surface area contributed by atoms with Crippen LogP contribution < -0.4 is 15.0 Å². The minimum absolute atomic E-state index is 0. The van der Waals surface area contributed by atoms with Crippen molar-refractivity contribution in [2.45, 2.75) is 19.6 Å². The molecule has 2 heterocycles. The fraction of sp³-hybridized carbons (Fsp3) is 0.450. The number of benzene rings is 1. The van der Waals surface area contributed by atoms with Gasteiger partial charge in [-0.05, 0) is 24.6 Å². The van der Waals surface area contributed by atoms with Crippen LogP contribution in [0.15, 0.2) is 41.7 Å². The van der Waals surface area contributed by atoms with E-state index in [0.29, 0.717) is 32.1 Å². The molecule has 12 heteroatoms. The first-order valence-corrected chi connectivity index (χ1v) is 9.86. The number of ether oxygens (including phenoxy) is 1. The molecule has 32 heavy (non-hydrogen) atoms. The van der Waals surface area contributed by atoms with Crippen LogP contribution in [0.3, 0.4) is 0 Å². The van der Waals surface area contributed by atoms with Gasteiger partial charge in [0.15, 0.2) is 12.6 Å². The molecular weight excluding hydrogens is 540 g/mol. The maximum atomic E-state index is 12.6. The van der Waals surface area contributed by atoms with Gasteiger partial charge in [-0.15, -0.1) is 24.0 Å². The van der Waals surface area contributed by atoms with Crippen molar-refractivity contribution in [3.05, 3.63) is 42.2 Å². The quantitative estimate of drug-likeness (QED) is 0.331. The number of alkyl halides is 3. The molecule has 1 aliphatic rings. The predicted octanol–water partition coefficient (Wildman–Crippen LogP) is 2.79. The van der Waals surface area contributed by atoms with E-state index in [2.05, 4.69) is 15.4 Å². The molecule has 1 aliphatic heterocycles. The van der Waals surface area contributed by atoms with Crippen molar-refractivity contribution in [2.75, 3.05) is 37.7 Å². The van der Waals surface area contributed by atoms with Gasteiger partial charge in [0.05, 0.1) is 18.4 Å². The number of rotatable bonds is 6. The van der Waals surface area contributed by atoms with Gasteiger partial charge in [-0.3, -0.25) is 9.48 Å². The molecule has 0 unspecified atom stereocenters. The van der Waals surface area contributed by atoms with E-state index >= 15 is 0 Å². The van der Waals surface area contributed by atoms with E-state index in [1.165, 1.54) is 12.1 Å². The van der Waals surface area contributed by atoms with Gasteiger partial charge in [-0.25, -0.2) is 4.99 Å². The largest absolute Gasteiger partial charge is 0.484 e. The van der Waals surface area contributed by atoms with Crippen LogP contribution in [-0.4, -0.2) is 65.5 Å². The lowest BCUT2D eigenvalue weighted by molar-refractivity contribution is -0.153. The second kappa shape index (κ2) is 11.4. The van der Waals surface area contributed by atoms with Gasteiger partial charge in [0.2, 0.25) is 5.91 Å². The summed E-state index contributed by atoms with van der Waals surface area (Å²) in [6, 6.07) is 6.31. The summed E-state index contributed by atoms with van der Waals surface area (Å²) in [5, 5.41) is 7.30. The first-order valence-electron chi connectivity index (χ1n) is 9.86. The third kappa shape index (κ3) is 7.28. The van der Waals surface area contributed by atoms with Gasteiger partial charge in [0, 0.05) is 32.9 Å². The van der Waals surface area contributed by atoms with Crippen LogP contribution in [0.25, 0.3) is 0 Å². The van der Waals surface area contributed by atoms with Gasteiger partial charge < -0.3 is 19.9 Å². The number of aliphatic imine (C=N–C) groups is 1. The van der Waals surface area contributed by atoms with E-state index in [4.69, 9.17) is 4.74 Å². The van der Waals surface area contributed by atoms with Crippen molar-refractivity contribution in [3.8, 4) is 5.75 Å². The third-order valence-electron chi connectivity index (χ3n) is 4.60. The molecule has 0 saturated carbocycles. The number of amides is 1. The van der Waals surface area contributed by atoms with Gasteiger partial charge in [0.25, 0.3) is 0 Å². The molecule has 2 aromatic rings. The summed E-state index contributed by atoms with van der Waals surface area (Å²) >= 11 is 0. The fourth-order valence-corrected chi connectivity index (χ4v) is 3.12. The van der Waals surface area contributed by atoms with Crippen molar-refractivity contribution in [1.29, 1.82) is 0 Å². The number of carbonyl (C=O) groups is 1. The molecule has 3 rings (SSSR count). The van der Waals surface area contributed by atoms with Crippen molar-refractivity contribution < 1.29 is 22.7 Å². The molecule has 1 aromatic heterocycles. The maximum absolute atomic E-state index is 12.6. The molecule has 1 amide bonds. The Morgan fingerprint density at radius 3 is 2.53 bits per heavy atom. The molecule has 1 N–H and O–H groups in total. The predicted molar refractivity (Wildman–Crippen MR) is 125 cm³/mol. The van der Waals surface area contributed by atoms with Crippen LogP contribution in [0.2, 0.25) is 0 Å². The Hall–Kier alpha value is -2.51. The van der Waals surface area contributed by atoms with E-state index in [9.17, 15) is 18.0 Å². The molecule has 0 radical (unpaired) electrons. The van der Waals surface area contributed by atoms with Gasteiger partial charge in [-0.1, -0.05) is 12.1 Å². The molecular formula is C20H26F3IN6O2. The monoisotopic (exact) mass is 566 g/mol. The summed E-state index contributed by atoms with van der Waals surface area (Å²) < 4.78 is 43.1. The Bertz CT molecular complexity index is 917. The van der Waals surface area contributed by atoms with Crippen LogP contribution in [-0.2, 0) is 18.4 Å². The van der Waals surface area contributed by atoms with E-state index < -0.39 is 12.8 Å². The molecule has 1 fully saturated rings. The number of hydrogen-bond donors (Lipinski definition) is 1. The molecule has 0 atom stereocenters. The highest BCUT2D eigenvalue weighted by molar-refractivity contribution is 14.0. The van der Waals surface area contributed by atoms with E-state index in [-0.39, 0.29) is 42.2 Å². The number of anilines is 1. The van der Waals surface area contributed by atoms with Crippen LogP contribution in [0.5, 0.6) is 5.75 Å². The molecule has 1 aromatic carbocycles. The van der Waals surface area contributed by atoms with Crippen molar-refractivity contribution >= 4 is 41.5 Å². The number of aryl methyl sites for hydroxylation is 1. The zero-order valence-electron chi connectivity index (χ0n) is 17.8. The van der Waals surface area contributed by atoms with Crippen LogP contribution >= 0.6 is 24.0 Å². The second-order valence-corrected chi connectivity index (χ2v) is 7.06. The minimum Gasteiger partial charge on any atom is -0.484 e. The number of nitrogens with one attached hydrogen (secondary N) is 1. The van der Waals surface area contributed by atoms with E-state index in [1.807, 2.05) is 11.8 Å². The summed E-state index contributed by atoms with van der Waals surface area (Å²) in [4.78, 5) is 20.8. The third-order valence-corrected chi connectivity index (χ3v) is 4.60. The van der Waals surface area contributed by atoms with Gasteiger partial charge in [0.1, 0.15) is 12.3 Å². The van der Waals surface area contributed by atoms with Gasteiger partial charge in [-0.2, -0.15) is 18.3 Å². The summed E-state index contributed by atoms with van der Waals surface area (Å²) in [6.07, 6.45) is -0.911. The summed E-state index contributed by atoms with van der Waals surface area (Å²) in [5.74, 6) is 0.712. The van der Waals surface area contributed by atoms with E-state index in [0.717, 1.165) is 11.3 Å². The molecule has 0 spiro atoms. The lowest BCUT2D eigenvalue weighted by Crippen LogP contribution is -2.55. The average Bonchev–Trinajstić information content (AvgIpc) is 3.15. The lowest BCUT2D eigenvalue weighted by atomic mass is 10.2. The Kier molecular flexibility index (Phi) is 9.16. The summed E-state index contributed by atoms with van der Waals surface area (Å²) in [7, 11) is 1.80. The number of carbonyl (C=O) groups excluding carboxylic acids is 1. The number of guanidine groups is 1. The van der Waals surface area contributed by atoms with Crippen molar-refractivity contribution in [3.63, 3.8) is 0 Å². The zero-order valence-corrected chi connectivity index (χ0v) is 20.1. The lowest BCUT2D eigenvalue weighted by Gasteiger charge is -2.35. The van der Waals surface area contributed by atoms with Crippen molar-refractivity contribution in [2.24, 2.45) is 12.0 Å². The van der Waals surface area contributed by atoms with E-state index in [1.54, 1.807) is 41.2 Å². The number of piperazine rings is 1. The fourth-order valence-electron chi connectivity index (χ4n) is 3.12. The Balaban J connectivity index is 0.00000363. The normalized spacial score (nSPS) is 14.9. The Labute approximate surface area is 201 Å². The van der Waals surface area contributed by atoms with Crippen LogP contribution in [0.1, 0.15) is 12.5 Å². The Morgan fingerprint density at radius 1 is 1.25 bits per heavy atom. The molecule has 8 nitrogen and oxygen atoms in total. The standard InChI is InChI=1S/C20H25F3N6O2.HI/c1-3-24-19(25-10-15-4-6-17(7-5-15)31-14-20(21,22)23)28-8-9-29(18(30)13-28)16-11-26-27(2)12-16;/h4-7,11-12H,3,8-10,13-14H2,1-2H3,(H,24,25);1H. The summed E-state index contributed by atoms with van der Waals surface area (Å²) in [6.45, 7) is 2.88. The highest BCUT2D eigenvalue weighted by atomic mass is 127.